The molecule has 0 saturated carbocycles. The van der Waals surface area contributed by atoms with E-state index >= 15 is 0 Å². The molecule has 0 heterocycles. The summed E-state index contributed by atoms with van der Waals surface area (Å²) in [5.41, 5.74) is 2.27. The fourth-order valence-corrected chi connectivity index (χ4v) is 2.43. The molecule has 1 aliphatic rings. The number of aliphatic hydroxyl groups excluding tert-OH is 1. The molecule has 1 N–H and O–H groups in total. The van der Waals surface area contributed by atoms with E-state index in [9.17, 15) is 5.11 Å². The average Bonchev–Trinajstić information content (AvgIpc) is 2.32. The number of ether oxygens (including phenoxy) is 1. The van der Waals surface area contributed by atoms with Crippen molar-refractivity contribution in [3.8, 4) is 5.75 Å². The summed E-state index contributed by atoms with van der Waals surface area (Å²) in [5, 5.41) is 10.2. The largest absolute Gasteiger partial charge is 0.497 e. The van der Waals surface area contributed by atoms with Gasteiger partial charge in [-0.05, 0) is 48.4 Å². The summed E-state index contributed by atoms with van der Waals surface area (Å²) in [6.07, 6.45) is 4.46. The molecule has 0 radical (unpaired) electrons. The minimum Gasteiger partial charge on any atom is -0.497 e. The standard InChI is InChI=1S/C14H18O2/c1-3-4-10-5-6-11-9-12(16-2)7-8-13(11)14(10)15/h3,7-10,14-15H,1,4-6H2,2H3. The second-order valence-electron chi connectivity index (χ2n) is 4.33. The van der Waals surface area contributed by atoms with E-state index in [0.717, 1.165) is 30.6 Å². The number of aryl methyl sites for hydroxylation is 1. The van der Waals surface area contributed by atoms with Gasteiger partial charge in [0, 0.05) is 0 Å². The Bertz CT molecular complexity index is 384. The molecule has 2 heteroatoms. The Hall–Kier alpha value is -1.28. The lowest BCUT2D eigenvalue weighted by Gasteiger charge is -2.29. The molecule has 0 fully saturated rings. The van der Waals surface area contributed by atoms with Gasteiger partial charge in [0.15, 0.2) is 0 Å². The number of fused-ring (bicyclic) bond motifs is 1. The van der Waals surface area contributed by atoms with Crippen LogP contribution in [0.15, 0.2) is 30.9 Å². The topological polar surface area (TPSA) is 29.5 Å². The SMILES string of the molecule is C=CCC1CCc2cc(OC)ccc2C1O. The van der Waals surface area contributed by atoms with Crippen LogP contribution in [-0.4, -0.2) is 12.2 Å². The Morgan fingerprint density at radius 2 is 2.38 bits per heavy atom. The van der Waals surface area contributed by atoms with E-state index in [2.05, 4.69) is 6.58 Å². The second kappa shape index (κ2) is 4.71. The lowest BCUT2D eigenvalue weighted by molar-refractivity contribution is 0.0951. The van der Waals surface area contributed by atoms with E-state index in [-0.39, 0.29) is 6.10 Å². The Kier molecular flexibility index (Phi) is 3.30. The van der Waals surface area contributed by atoms with Crippen LogP contribution in [0.3, 0.4) is 0 Å². The van der Waals surface area contributed by atoms with Gasteiger partial charge in [-0.2, -0.15) is 0 Å². The summed E-state index contributed by atoms with van der Waals surface area (Å²) in [7, 11) is 1.67. The van der Waals surface area contributed by atoms with Crippen molar-refractivity contribution in [2.45, 2.75) is 25.4 Å². The van der Waals surface area contributed by atoms with Crippen LogP contribution in [0.5, 0.6) is 5.75 Å². The van der Waals surface area contributed by atoms with Crippen molar-refractivity contribution in [1.82, 2.24) is 0 Å². The van der Waals surface area contributed by atoms with Crippen molar-refractivity contribution in [3.05, 3.63) is 42.0 Å². The molecule has 0 saturated heterocycles. The fourth-order valence-electron chi connectivity index (χ4n) is 2.43. The van der Waals surface area contributed by atoms with Crippen molar-refractivity contribution in [2.75, 3.05) is 7.11 Å². The molecule has 1 aromatic carbocycles. The minimum atomic E-state index is -0.354. The van der Waals surface area contributed by atoms with E-state index < -0.39 is 0 Å². The zero-order valence-corrected chi connectivity index (χ0v) is 9.65. The number of methoxy groups -OCH3 is 1. The van der Waals surface area contributed by atoms with Gasteiger partial charge < -0.3 is 9.84 Å². The Balaban J connectivity index is 2.27. The molecule has 0 spiro atoms. The Morgan fingerprint density at radius 1 is 1.56 bits per heavy atom. The van der Waals surface area contributed by atoms with Crippen LogP contribution in [0.2, 0.25) is 0 Å². The zero-order valence-electron chi connectivity index (χ0n) is 9.65. The highest BCUT2D eigenvalue weighted by Crippen LogP contribution is 2.37. The van der Waals surface area contributed by atoms with Gasteiger partial charge in [-0.25, -0.2) is 0 Å². The number of hydrogen-bond acceptors (Lipinski definition) is 2. The lowest BCUT2D eigenvalue weighted by atomic mass is 9.80. The van der Waals surface area contributed by atoms with E-state index in [0.29, 0.717) is 5.92 Å². The predicted octanol–water partition coefficient (Wildman–Crippen LogP) is 2.87. The van der Waals surface area contributed by atoms with Crippen LogP contribution in [-0.2, 0) is 6.42 Å². The first-order valence-corrected chi connectivity index (χ1v) is 5.72. The summed E-state index contributed by atoms with van der Waals surface area (Å²) < 4.78 is 5.19. The van der Waals surface area contributed by atoms with Gasteiger partial charge in [0.2, 0.25) is 0 Å². The van der Waals surface area contributed by atoms with Crippen LogP contribution in [0, 0.1) is 5.92 Å². The zero-order chi connectivity index (χ0) is 11.5. The smallest absolute Gasteiger partial charge is 0.119 e. The molecule has 0 amide bonds. The first-order chi connectivity index (χ1) is 7.76. The van der Waals surface area contributed by atoms with Crippen molar-refractivity contribution in [3.63, 3.8) is 0 Å². The molecule has 2 unspecified atom stereocenters. The molecule has 0 aromatic heterocycles. The van der Waals surface area contributed by atoms with Gasteiger partial charge in [-0.1, -0.05) is 12.1 Å². The molecule has 1 aliphatic carbocycles. The predicted molar refractivity (Wildman–Crippen MR) is 64.6 cm³/mol. The van der Waals surface area contributed by atoms with Gasteiger partial charge >= 0.3 is 0 Å². The van der Waals surface area contributed by atoms with Gasteiger partial charge in [0.05, 0.1) is 13.2 Å². The van der Waals surface area contributed by atoms with Crippen LogP contribution in [0.25, 0.3) is 0 Å². The van der Waals surface area contributed by atoms with Crippen molar-refractivity contribution >= 4 is 0 Å². The van der Waals surface area contributed by atoms with Crippen molar-refractivity contribution < 1.29 is 9.84 Å². The van der Waals surface area contributed by atoms with Gasteiger partial charge in [0.1, 0.15) is 5.75 Å². The number of aliphatic hydroxyl groups is 1. The van der Waals surface area contributed by atoms with E-state index in [4.69, 9.17) is 4.74 Å². The number of benzene rings is 1. The maximum Gasteiger partial charge on any atom is 0.119 e. The second-order valence-corrected chi connectivity index (χ2v) is 4.33. The van der Waals surface area contributed by atoms with Crippen molar-refractivity contribution in [2.24, 2.45) is 5.92 Å². The summed E-state index contributed by atoms with van der Waals surface area (Å²) in [4.78, 5) is 0. The molecule has 2 rings (SSSR count). The first-order valence-electron chi connectivity index (χ1n) is 5.72. The molecule has 86 valence electrons. The van der Waals surface area contributed by atoms with Crippen LogP contribution in [0.4, 0.5) is 0 Å². The fraction of sp³-hybridized carbons (Fsp3) is 0.429. The maximum atomic E-state index is 10.2. The molecular formula is C14H18O2. The molecule has 16 heavy (non-hydrogen) atoms. The molecule has 1 aromatic rings. The third-order valence-corrected chi connectivity index (χ3v) is 3.37. The highest BCUT2D eigenvalue weighted by atomic mass is 16.5. The quantitative estimate of drug-likeness (QED) is 0.790. The van der Waals surface area contributed by atoms with Crippen LogP contribution < -0.4 is 4.74 Å². The van der Waals surface area contributed by atoms with Gasteiger partial charge in [0.25, 0.3) is 0 Å². The molecule has 0 aliphatic heterocycles. The van der Waals surface area contributed by atoms with E-state index in [1.807, 2.05) is 24.3 Å². The summed E-state index contributed by atoms with van der Waals surface area (Å²) in [5.74, 6) is 1.19. The Morgan fingerprint density at radius 3 is 3.06 bits per heavy atom. The van der Waals surface area contributed by atoms with Gasteiger partial charge in [-0.15, -0.1) is 6.58 Å². The minimum absolute atomic E-state index is 0.318. The van der Waals surface area contributed by atoms with E-state index in [1.165, 1.54) is 5.56 Å². The first kappa shape index (κ1) is 11.2. The summed E-state index contributed by atoms with van der Waals surface area (Å²) in [6.45, 7) is 3.74. The summed E-state index contributed by atoms with van der Waals surface area (Å²) in [6, 6.07) is 5.93. The lowest BCUT2D eigenvalue weighted by Crippen LogP contribution is -2.20. The maximum absolute atomic E-state index is 10.2. The van der Waals surface area contributed by atoms with Gasteiger partial charge in [-0.3, -0.25) is 0 Å². The normalized spacial score (nSPS) is 23.6. The number of hydrogen-bond donors (Lipinski definition) is 1. The summed E-state index contributed by atoms with van der Waals surface area (Å²) >= 11 is 0. The highest BCUT2D eigenvalue weighted by molar-refractivity contribution is 5.38. The molecule has 2 nitrogen and oxygen atoms in total. The number of rotatable bonds is 3. The van der Waals surface area contributed by atoms with E-state index in [1.54, 1.807) is 7.11 Å². The van der Waals surface area contributed by atoms with Crippen molar-refractivity contribution in [1.29, 1.82) is 0 Å². The van der Waals surface area contributed by atoms with Crippen LogP contribution in [0.1, 0.15) is 30.1 Å². The third-order valence-electron chi connectivity index (χ3n) is 3.37. The molecule has 0 bridgehead atoms. The third kappa shape index (κ3) is 1.98. The molecular weight excluding hydrogens is 200 g/mol. The monoisotopic (exact) mass is 218 g/mol. The number of allylic oxidation sites excluding steroid dienone is 1. The molecule has 2 atom stereocenters. The average molecular weight is 218 g/mol. The van der Waals surface area contributed by atoms with Crippen LogP contribution >= 0.6 is 0 Å². The Labute approximate surface area is 96.6 Å². The highest BCUT2D eigenvalue weighted by Gasteiger charge is 2.26.